The van der Waals surface area contributed by atoms with Gasteiger partial charge < -0.3 is 20.3 Å². The number of carboxylic acid groups (broad SMARTS) is 2. The van der Waals surface area contributed by atoms with Gasteiger partial charge in [-0.3, -0.25) is 0 Å². The summed E-state index contributed by atoms with van der Waals surface area (Å²) in [6.45, 7) is 3.22. The van der Waals surface area contributed by atoms with E-state index in [0.717, 1.165) is 32.1 Å². The Morgan fingerprint density at radius 3 is 2.13 bits per heavy atom. The summed E-state index contributed by atoms with van der Waals surface area (Å²) in [6, 6.07) is 6.89. The molecule has 0 saturated heterocycles. The van der Waals surface area contributed by atoms with Crippen LogP contribution >= 0.6 is 0 Å². The van der Waals surface area contributed by atoms with Crippen LogP contribution in [-0.4, -0.2) is 34.2 Å². The number of carbonyl (C=O) groups is 3. The van der Waals surface area contributed by atoms with Crippen LogP contribution in [0.2, 0.25) is 0 Å². The smallest absolute Gasteiger partial charge is 0.334 e. The maximum absolute atomic E-state index is 12.3. The number of benzene rings is 1. The van der Waals surface area contributed by atoms with E-state index in [-0.39, 0.29) is 17.3 Å². The number of carbonyl (C=O) groups excluding carboxylic acids is 1. The van der Waals surface area contributed by atoms with Gasteiger partial charge in [0.15, 0.2) is 0 Å². The fourth-order valence-electron chi connectivity index (χ4n) is 4.34. The summed E-state index contributed by atoms with van der Waals surface area (Å²) in [6.07, 6.45) is 7.80. The van der Waals surface area contributed by atoms with Gasteiger partial charge in [0.2, 0.25) is 0 Å². The van der Waals surface area contributed by atoms with Crippen LogP contribution in [0.3, 0.4) is 0 Å². The van der Waals surface area contributed by atoms with Crippen molar-refractivity contribution >= 4 is 24.0 Å². The van der Waals surface area contributed by atoms with E-state index in [0.29, 0.717) is 22.5 Å². The summed E-state index contributed by atoms with van der Waals surface area (Å²) in [7, 11) is 0. The molecule has 1 fully saturated rings. The van der Waals surface area contributed by atoms with Crippen LogP contribution in [0.15, 0.2) is 52.9 Å². The molecular weight excluding hydrogens is 398 g/mol. The Balaban J connectivity index is 1.96. The number of nitrogens with one attached hydrogen (secondary N) is 1. The first-order valence-corrected chi connectivity index (χ1v) is 10.4. The van der Waals surface area contributed by atoms with E-state index in [1.54, 1.807) is 44.2 Å². The van der Waals surface area contributed by atoms with Crippen LogP contribution in [0.1, 0.15) is 63.0 Å². The minimum Gasteiger partial charge on any atom is -0.478 e. The molecule has 1 aliphatic carbocycles. The molecule has 0 unspecified atom stereocenters. The van der Waals surface area contributed by atoms with Gasteiger partial charge in [0.1, 0.15) is 6.10 Å². The van der Waals surface area contributed by atoms with Crippen molar-refractivity contribution in [2.45, 2.75) is 58.0 Å². The first-order chi connectivity index (χ1) is 14.8. The van der Waals surface area contributed by atoms with Gasteiger partial charge in [-0.1, -0.05) is 30.7 Å². The monoisotopic (exact) mass is 425 g/mol. The minimum absolute atomic E-state index is 0.0337. The van der Waals surface area contributed by atoms with E-state index in [2.05, 4.69) is 5.32 Å². The fraction of sp³-hybridized carbons (Fsp3) is 0.375. The lowest BCUT2D eigenvalue weighted by Gasteiger charge is -2.29. The molecule has 164 valence electrons. The Labute approximate surface area is 181 Å². The summed E-state index contributed by atoms with van der Waals surface area (Å²) in [5.74, 6) is -3.83. The van der Waals surface area contributed by atoms with Crippen molar-refractivity contribution < 1.29 is 29.3 Å². The minimum atomic E-state index is -1.20. The van der Waals surface area contributed by atoms with E-state index in [1.807, 2.05) is 0 Å². The van der Waals surface area contributed by atoms with Crippen molar-refractivity contribution in [2.24, 2.45) is 0 Å². The third kappa shape index (κ3) is 5.05. The average molecular weight is 425 g/mol. The lowest BCUT2D eigenvalue weighted by Crippen LogP contribution is -2.31. The highest BCUT2D eigenvalue weighted by Crippen LogP contribution is 2.40. The largest absolute Gasteiger partial charge is 0.478 e. The molecule has 1 saturated carbocycles. The molecule has 1 aromatic rings. The molecule has 7 nitrogen and oxygen atoms in total. The fourth-order valence-corrected chi connectivity index (χ4v) is 4.34. The molecule has 1 aromatic carbocycles. The highest BCUT2D eigenvalue weighted by atomic mass is 16.5. The van der Waals surface area contributed by atoms with E-state index >= 15 is 0 Å². The molecule has 0 bridgehead atoms. The molecule has 0 spiro atoms. The molecule has 1 aliphatic heterocycles. The summed E-state index contributed by atoms with van der Waals surface area (Å²) >= 11 is 0. The maximum Gasteiger partial charge on any atom is 0.334 e. The predicted molar refractivity (Wildman–Crippen MR) is 115 cm³/mol. The number of carboxylic acids is 2. The van der Waals surface area contributed by atoms with Gasteiger partial charge in [0.25, 0.3) is 0 Å². The lowest BCUT2D eigenvalue weighted by molar-refractivity contribution is -0.144. The van der Waals surface area contributed by atoms with E-state index in [1.165, 1.54) is 6.08 Å². The first-order valence-electron chi connectivity index (χ1n) is 10.4. The number of rotatable bonds is 6. The van der Waals surface area contributed by atoms with Crippen molar-refractivity contribution in [2.75, 3.05) is 0 Å². The number of hydrogen-bond acceptors (Lipinski definition) is 5. The van der Waals surface area contributed by atoms with Crippen molar-refractivity contribution in [3.05, 3.63) is 64.0 Å². The number of allylic oxidation sites excluding steroid dienone is 2. The Bertz CT molecular complexity index is 946. The lowest BCUT2D eigenvalue weighted by atomic mass is 9.78. The van der Waals surface area contributed by atoms with Gasteiger partial charge in [-0.15, -0.1) is 0 Å². The molecule has 7 heteroatoms. The Morgan fingerprint density at radius 2 is 1.55 bits per heavy atom. The zero-order valence-corrected chi connectivity index (χ0v) is 17.7. The number of ether oxygens (including phenoxy) is 1. The normalized spacial score (nSPS) is 18.3. The highest BCUT2D eigenvalue weighted by molar-refractivity contribution is 5.99. The molecule has 2 aliphatic rings. The van der Waals surface area contributed by atoms with Gasteiger partial charge in [0.05, 0.1) is 17.1 Å². The molecule has 0 aromatic heterocycles. The Morgan fingerprint density at radius 1 is 0.968 bits per heavy atom. The third-order valence-electron chi connectivity index (χ3n) is 5.76. The van der Waals surface area contributed by atoms with Crippen molar-refractivity contribution in [3.63, 3.8) is 0 Å². The second kappa shape index (κ2) is 9.64. The van der Waals surface area contributed by atoms with Gasteiger partial charge >= 0.3 is 17.9 Å². The van der Waals surface area contributed by atoms with E-state index < -0.39 is 23.8 Å². The number of esters is 1. The molecular formula is C24H27NO6. The van der Waals surface area contributed by atoms with Gasteiger partial charge in [0, 0.05) is 17.5 Å². The van der Waals surface area contributed by atoms with Crippen LogP contribution in [0.5, 0.6) is 0 Å². The summed E-state index contributed by atoms with van der Waals surface area (Å²) in [5, 5.41) is 22.5. The SMILES string of the molecule is CC1=C(C(=O)O)C(c2ccccc2/C=C/C(=O)OC2CCCCC2)C(C(=O)O)=C(C)N1. The van der Waals surface area contributed by atoms with E-state index in [4.69, 9.17) is 4.74 Å². The molecule has 1 heterocycles. The standard InChI is InChI=1S/C24H27NO6/c1-14-20(23(27)28)22(21(24(29)30)15(2)25-14)18-11-7-6-8-16(18)12-13-19(26)31-17-9-4-3-5-10-17/h6-8,11-13,17,22,25H,3-5,9-10H2,1-2H3,(H,27,28)(H,29,30)/b13-12+. The Kier molecular flexibility index (Phi) is 6.95. The number of dihydropyridines is 1. The second-order valence-corrected chi connectivity index (χ2v) is 7.90. The Hall–Kier alpha value is -3.35. The molecule has 3 N–H and O–H groups in total. The quantitative estimate of drug-likeness (QED) is 0.467. The zero-order chi connectivity index (χ0) is 22.5. The second-order valence-electron chi connectivity index (χ2n) is 7.90. The molecule has 3 rings (SSSR count). The van der Waals surface area contributed by atoms with Crippen LogP contribution in [0.4, 0.5) is 0 Å². The van der Waals surface area contributed by atoms with Gasteiger partial charge in [-0.05, 0) is 56.7 Å². The molecule has 0 amide bonds. The van der Waals surface area contributed by atoms with Crippen molar-refractivity contribution in [3.8, 4) is 0 Å². The number of hydrogen-bond donors (Lipinski definition) is 3. The highest BCUT2D eigenvalue weighted by Gasteiger charge is 2.37. The molecule has 0 atom stereocenters. The first kappa shape index (κ1) is 22.3. The van der Waals surface area contributed by atoms with Crippen LogP contribution in [0, 0.1) is 0 Å². The van der Waals surface area contributed by atoms with Crippen molar-refractivity contribution in [1.82, 2.24) is 5.32 Å². The van der Waals surface area contributed by atoms with E-state index in [9.17, 15) is 24.6 Å². The zero-order valence-electron chi connectivity index (χ0n) is 17.7. The van der Waals surface area contributed by atoms with Gasteiger partial charge in [-0.2, -0.15) is 0 Å². The van der Waals surface area contributed by atoms with Crippen LogP contribution in [0.25, 0.3) is 6.08 Å². The summed E-state index contributed by atoms with van der Waals surface area (Å²) in [4.78, 5) is 36.3. The summed E-state index contributed by atoms with van der Waals surface area (Å²) in [5.41, 5.74) is 1.76. The maximum atomic E-state index is 12.3. The topological polar surface area (TPSA) is 113 Å². The molecule has 0 radical (unpaired) electrons. The van der Waals surface area contributed by atoms with Crippen LogP contribution < -0.4 is 5.32 Å². The van der Waals surface area contributed by atoms with Crippen LogP contribution in [-0.2, 0) is 19.1 Å². The average Bonchev–Trinajstić information content (AvgIpc) is 2.72. The predicted octanol–water partition coefficient (Wildman–Crippen LogP) is 3.98. The molecule has 31 heavy (non-hydrogen) atoms. The number of aliphatic carboxylic acids is 2. The van der Waals surface area contributed by atoms with Gasteiger partial charge in [-0.25, -0.2) is 14.4 Å². The third-order valence-corrected chi connectivity index (χ3v) is 5.76. The van der Waals surface area contributed by atoms with Crippen molar-refractivity contribution in [1.29, 1.82) is 0 Å². The summed E-state index contributed by atoms with van der Waals surface area (Å²) < 4.78 is 5.51.